The van der Waals surface area contributed by atoms with E-state index in [1.54, 1.807) is 17.0 Å². The molecule has 1 saturated heterocycles. The molecule has 0 aromatic heterocycles. The molecule has 2 aromatic carbocycles. The number of amides is 3. The van der Waals surface area contributed by atoms with Gasteiger partial charge in [-0.1, -0.05) is 36.4 Å². The van der Waals surface area contributed by atoms with Gasteiger partial charge in [-0.15, -0.1) is 0 Å². The lowest BCUT2D eigenvalue weighted by Gasteiger charge is -2.30. The summed E-state index contributed by atoms with van der Waals surface area (Å²) in [5.74, 6) is 0.398. The molecule has 2 heterocycles. The molecule has 2 aromatic rings. The molecule has 2 aliphatic heterocycles. The van der Waals surface area contributed by atoms with E-state index in [1.807, 2.05) is 63.2 Å². The van der Waals surface area contributed by atoms with Gasteiger partial charge in [-0.2, -0.15) is 0 Å². The van der Waals surface area contributed by atoms with Gasteiger partial charge in [0.25, 0.3) is 5.91 Å². The van der Waals surface area contributed by atoms with Crippen molar-refractivity contribution in [1.29, 1.82) is 0 Å². The van der Waals surface area contributed by atoms with E-state index in [-0.39, 0.29) is 18.4 Å². The first kappa shape index (κ1) is 25.3. The smallest absolute Gasteiger partial charge is 0.410 e. The number of hydrogen-bond acceptors (Lipinski definition) is 6. The van der Waals surface area contributed by atoms with Crippen molar-refractivity contribution in [3.8, 4) is 11.5 Å². The standard InChI is InChI=1S/C28H32N2O6/c1-28(2,3)36-27(33)30-15-13-20(14-16-30)22-10-9-21(35-23-11-12-25(31)29-26(23)32)17-24(22)34-18-19-7-5-4-6-8-19/h4-10,13,17,23H,11-12,14-16,18H2,1-3H3,(H,29,31,32). The van der Waals surface area contributed by atoms with E-state index in [4.69, 9.17) is 14.2 Å². The molecule has 36 heavy (non-hydrogen) atoms. The number of nitrogens with one attached hydrogen (secondary N) is 1. The summed E-state index contributed by atoms with van der Waals surface area (Å²) < 4.78 is 17.6. The van der Waals surface area contributed by atoms with Gasteiger partial charge in [-0.3, -0.25) is 14.9 Å². The molecule has 1 N–H and O–H groups in total. The van der Waals surface area contributed by atoms with Crippen molar-refractivity contribution >= 4 is 23.5 Å². The minimum Gasteiger partial charge on any atom is -0.488 e. The molecule has 4 rings (SSSR count). The van der Waals surface area contributed by atoms with Crippen molar-refractivity contribution in [2.75, 3.05) is 13.1 Å². The van der Waals surface area contributed by atoms with Crippen LogP contribution >= 0.6 is 0 Å². The van der Waals surface area contributed by atoms with Crippen LogP contribution in [0.5, 0.6) is 11.5 Å². The fourth-order valence-electron chi connectivity index (χ4n) is 4.05. The first-order valence-electron chi connectivity index (χ1n) is 12.2. The molecule has 0 spiro atoms. The molecule has 3 amide bonds. The van der Waals surface area contributed by atoms with Crippen molar-refractivity contribution in [1.82, 2.24) is 10.2 Å². The molecule has 0 aliphatic carbocycles. The van der Waals surface area contributed by atoms with E-state index in [0.29, 0.717) is 44.0 Å². The Morgan fingerprint density at radius 1 is 1.08 bits per heavy atom. The van der Waals surface area contributed by atoms with Gasteiger partial charge in [-0.05, 0) is 50.5 Å². The SMILES string of the molecule is CC(C)(C)OC(=O)N1CC=C(c2ccc(OC3CCC(=O)NC3=O)cc2OCc2ccccc2)CC1. The van der Waals surface area contributed by atoms with Crippen molar-refractivity contribution in [2.24, 2.45) is 0 Å². The number of ether oxygens (including phenoxy) is 3. The Bertz CT molecular complexity index is 1150. The molecular formula is C28H32N2O6. The lowest BCUT2D eigenvalue weighted by molar-refractivity contribution is -0.138. The van der Waals surface area contributed by atoms with Crippen LogP contribution in [-0.2, 0) is 20.9 Å². The van der Waals surface area contributed by atoms with E-state index in [2.05, 4.69) is 5.32 Å². The minimum atomic E-state index is -0.730. The van der Waals surface area contributed by atoms with E-state index in [0.717, 1.165) is 16.7 Å². The molecule has 0 radical (unpaired) electrons. The highest BCUT2D eigenvalue weighted by atomic mass is 16.6. The maximum atomic E-state index is 12.4. The van der Waals surface area contributed by atoms with E-state index < -0.39 is 17.6 Å². The average Bonchev–Trinajstić information content (AvgIpc) is 2.84. The largest absolute Gasteiger partial charge is 0.488 e. The van der Waals surface area contributed by atoms with Crippen LogP contribution in [0.2, 0.25) is 0 Å². The van der Waals surface area contributed by atoms with Crippen LogP contribution in [0.15, 0.2) is 54.6 Å². The summed E-state index contributed by atoms with van der Waals surface area (Å²) in [6.07, 6.45) is 2.18. The number of imide groups is 1. The summed E-state index contributed by atoms with van der Waals surface area (Å²) in [5.41, 5.74) is 2.45. The van der Waals surface area contributed by atoms with Gasteiger partial charge >= 0.3 is 6.09 Å². The van der Waals surface area contributed by atoms with Crippen molar-refractivity contribution in [2.45, 2.75) is 58.3 Å². The van der Waals surface area contributed by atoms with E-state index in [9.17, 15) is 14.4 Å². The van der Waals surface area contributed by atoms with Gasteiger partial charge in [0, 0.05) is 37.6 Å². The number of nitrogens with zero attached hydrogens (tertiary/aromatic N) is 1. The molecule has 190 valence electrons. The summed E-state index contributed by atoms with van der Waals surface area (Å²) in [7, 11) is 0. The second-order valence-electron chi connectivity index (χ2n) is 9.90. The molecule has 1 fully saturated rings. The van der Waals surface area contributed by atoms with Crippen molar-refractivity contribution in [3.05, 3.63) is 65.7 Å². The Balaban J connectivity index is 1.53. The Labute approximate surface area is 211 Å². The topological polar surface area (TPSA) is 94.2 Å². The Morgan fingerprint density at radius 3 is 2.53 bits per heavy atom. The Kier molecular flexibility index (Phi) is 7.62. The number of benzene rings is 2. The van der Waals surface area contributed by atoms with Gasteiger partial charge in [0.1, 0.15) is 23.7 Å². The summed E-state index contributed by atoms with van der Waals surface area (Å²) in [4.78, 5) is 37.7. The van der Waals surface area contributed by atoms with Crippen LogP contribution in [0.3, 0.4) is 0 Å². The summed E-state index contributed by atoms with van der Waals surface area (Å²) in [5, 5.41) is 2.32. The normalized spacial score (nSPS) is 18.2. The van der Waals surface area contributed by atoms with Crippen LogP contribution in [0, 0.1) is 0 Å². The summed E-state index contributed by atoms with van der Waals surface area (Å²) in [6, 6.07) is 15.3. The zero-order valence-electron chi connectivity index (χ0n) is 20.9. The molecule has 1 atom stereocenters. The third-order valence-corrected chi connectivity index (χ3v) is 5.86. The van der Waals surface area contributed by atoms with Gasteiger partial charge in [0.2, 0.25) is 5.91 Å². The number of piperidine rings is 1. The first-order chi connectivity index (χ1) is 17.2. The Morgan fingerprint density at radius 2 is 1.86 bits per heavy atom. The highest BCUT2D eigenvalue weighted by molar-refractivity contribution is 5.99. The van der Waals surface area contributed by atoms with Crippen LogP contribution in [0.4, 0.5) is 4.79 Å². The molecule has 1 unspecified atom stereocenters. The lowest BCUT2D eigenvalue weighted by atomic mass is 9.98. The third kappa shape index (κ3) is 6.65. The molecule has 8 heteroatoms. The van der Waals surface area contributed by atoms with Crippen LogP contribution < -0.4 is 14.8 Å². The van der Waals surface area contributed by atoms with Crippen LogP contribution in [0.1, 0.15) is 51.2 Å². The molecule has 8 nitrogen and oxygen atoms in total. The number of hydrogen-bond donors (Lipinski definition) is 1. The predicted molar refractivity (Wildman–Crippen MR) is 134 cm³/mol. The van der Waals surface area contributed by atoms with Crippen LogP contribution in [-0.4, -0.2) is 47.6 Å². The molecule has 0 bridgehead atoms. The predicted octanol–water partition coefficient (Wildman–Crippen LogP) is 4.47. The van der Waals surface area contributed by atoms with E-state index >= 15 is 0 Å². The number of carbonyl (C=O) groups excluding carboxylic acids is 3. The van der Waals surface area contributed by atoms with Gasteiger partial charge in [-0.25, -0.2) is 4.79 Å². The number of rotatable bonds is 6. The van der Waals surface area contributed by atoms with Crippen molar-refractivity contribution in [3.63, 3.8) is 0 Å². The highest BCUT2D eigenvalue weighted by Gasteiger charge is 2.29. The fraction of sp³-hybridized carbons (Fsp3) is 0.393. The highest BCUT2D eigenvalue weighted by Crippen LogP contribution is 2.35. The first-order valence-corrected chi connectivity index (χ1v) is 12.2. The molecular weight excluding hydrogens is 460 g/mol. The monoisotopic (exact) mass is 492 g/mol. The zero-order chi connectivity index (χ0) is 25.7. The summed E-state index contributed by atoms with van der Waals surface area (Å²) in [6.45, 7) is 6.90. The zero-order valence-corrected chi connectivity index (χ0v) is 20.9. The fourth-order valence-corrected chi connectivity index (χ4v) is 4.05. The maximum Gasteiger partial charge on any atom is 0.410 e. The minimum absolute atomic E-state index is 0.243. The second kappa shape index (κ2) is 10.8. The molecule has 0 saturated carbocycles. The van der Waals surface area contributed by atoms with Crippen molar-refractivity contribution < 1.29 is 28.6 Å². The van der Waals surface area contributed by atoms with Gasteiger partial charge in [0.15, 0.2) is 6.10 Å². The maximum absolute atomic E-state index is 12.4. The second-order valence-corrected chi connectivity index (χ2v) is 9.90. The third-order valence-electron chi connectivity index (χ3n) is 5.86. The van der Waals surface area contributed by atoms with Gasteiger partial charge in [0.05, 0.1) is 0 Å². The molecule has 2 aliphatic rings. The quantitative estimate of drug-likeness (QED) is 0.598. The average molecular weight is 493 g/mol. The van der Waals surface area contributed by atoms with Crippen LogP contribution in [0.25, 0.3) is 5.57 Å². The Hall–Kier alpha value is -3.81. The summed E-state index contributed by atoms with van der Waals surface area (Å²) >= 11 is 0. The lowest BCUT2D eigenvalue weighted by Crippen LogP contribution is -2.46. The number of carbonyl (C=O) groups is 3. The van der Waals surface area contributed by atoms with E-state index in [1.165, 1.54) is 0 Å². The van der Waals surface area contributed by atoms with Gasteiger partial charge < -0.3 is 19.1 Å².